The van der Waals surface area contributed by atoms with E-state index in [2.05, 4.69) is 20.8 Å². The van der Waals surface area contributed by atoms with Crippen LogP contribution in [-0.4, -0.2) is 21.8 Å². The molecule has 0 aromatic carbocycles. The van der Waals surface area contributed by atoms with Crippen LogP contribution in [0.4, 0.5) is 0 Å². The van der Waals surface area contributed by atoms with Gasteiger partial charge < -0.3 is 10.2 Å². The van der Waals surface area contributed by atoms with Gasteiger partial charge in [0, 0.05) is 0 Å². The van der Waals surface area contributed by atoms with Gasteiger partial charge in [-0.3, -0.25) is 0 Å². The molecule has 0 radical (unpaired) electrons. The van der Waals surface area contributed by atoms with Gasteiger partial charge in [-0.2, -0.15) is 0 Å². The smallest absolute Gasteiger partial charge is 0.335 e. The molecular weight excluding hydrogens is 240 g/mol. The van der Waals surface area contributed by atoms with Crippen LogP contribution in [0.1, 0.15) is 72.6 Å². The molecule has 0 aromatic heterocycles. The molecule has 1 unspecified atom stereocenters. The minimum Gasteiger partial charge on any atom is -0.479 e. The van der Waals surface area contributed by atoms with Crippen molar-refractivity contribution in [2.24, 2.45) is 17.3 Å². The lowest BCUT2D eigenvalue weighted by Crippen LogP contribution is -2.47. The van der Waals surface area contributed by atoms with Crippen LogP contribution in [0.2, 0.25) is 0 Å². The minimum absolute atomic E-state index is 0.0751. The summed E-state index contributed by atoms with van der Waals surface area (Å²) >= 11 is 0. The number of aliphatic carboxylic acids is 1. The van der Waals surface area contributed by atoms with E-state index in [1.165, 1.54) is 0 Å². The Morgan fingerprint density at radius 2 is 1.58 bits per heavy atom. The van der Waals surface area contributed by atoms with E-state index in [-0.39, 0.29) is 5.92 Å². The molecule has 1 saturated carbocycles. The Balaban J connectivity index is 2.69. The van der Waals surface area contributed by atoms with Crippen molar-refractivity contribution in [3.8, 4) is 0 Å². The van der Waals surface area contributed by atoms with Crippen LogP contribution in [0.15, 0.2) is 0 Å². The van der Waals surface area contributed by atoms with Crippen molar-refractivity contribution in [2.45, 2.75) is 78.2 Å². The molecule has 1 aliphatic carbocycles. The van der Waals surface area contributed by atoms with Crippen LogP contribution in [0.3, 0.4) is 0 Å². The van der Waals surface area contributed by atoms with Crippen molar-refractivity contribution >= 4 is 5.97 Å². The van der Waals surface area contributed by atoms with E-state index >= 15 is 0 Å². The maximum absolute atomic E-state index is 11.4. The molecule has 0 spiro atoms. The highest BCUT2D eigenvalue weighted by Gasteiger charge is 2.45. The van der Waals surface area contributed by atoms with Gasteiger partial charge in [0.05, 0.1) is 0 Å². The molecule has 0 aliphatic heterocycles. The van der Waals surface area contributed by atoms with Crippen molar-refractivity contribution in [3.05, 3.63) is 0 Å². The van der Waals surface area contributed by atoms with Crippen LogP contribution >= 0.6 is 0 Å². The first-order valence-electron chi connectivity index (χ1n) is 7.73. The molecule has 3 heteroatoms. The zero-order chi connectivity index (χ0) is 14.7. The maximum atomic E-state index is 11.4. The molecule has 0 bridgehead atoms. The standard InChI is InChI=1S/C16H30O3/c1-5-11-16(19,14(17)18)13-9-7-12(8-10-13)15(3,4)6-2/h12-13,19H,5-11H2,1-4H3,(H,17,18). The summed E-state index contributed by atoms with van der Waals surface area (Å²) in [5.41, 5.74) is -1.17. The van der Waals surface area contributed by atoms with Crippen LogP contribution < -0.4 is 0 Å². The summed E-state index contributed by atoms with van der Waals surface area (Å²) in [5, 5.41) is 19.8. The Kier molecular flexibility index (Phi) is 5.43. The zero-order valence-electron chi connectivity index (χ0n) is 12.9. The Hall–Kier alpha value is -0.570. The third-order valence-electron chi connectivity index (χ3n) is 5.42. The van der Waals surface area contributed by atoms with Crippen molar-refractivity contribution in [3.63, 3.8) is 0 Å². The van der Waals surface area contributed by atoms with Crippen LogP contribution in [0.5, 0.6) is 0 Å². The Morgan fingerprint density at radius 1 is 1.11 bits per heavy atom. The molecular formula is C16H30O3. The predicted molar refractivity (Wildman–Crippen MR) is 77.0 cm³/mol. The monoisotopic (exact) mass is 270 g/mol. The molecule has 19 heavy (non-hydrogen) atoms. The number of carbonyl (C=O) groups is 1. The summed E-state index contributed by atoms with van der Waals surface area (Å²) in [4.78, 5) is 11.4. The van der Waals surface area contributed by atoms with Gasteiger partial charge in [0.25, 0.3) is 0 Å². The maximum Gasteiger partial charge on any atom is 0.335 e. The number of rotatable bonds is 6. The SMILES string of the molecule is CCCC(O)(C(=O)O)C1CCC(C(C)(C)CC)CC1. The fraction of sp³-hybridized carbons (Fsp3) is 0.938. The highest BCUT2D eigenvalue weighted by Crippen LogP contribution is 2.45. The molecule has 1 atom stereocenters. The Bertz CT molecular complexity index is 303. The summed E-state index contributed by atoms with van der Waals surface area (Å²) in [7, 11) is 0. The largest absolute Gasteiger partial charge is 0.479 e. The average molecular weight is 270 g/mol. The molecule has 2 N–H and O–H groups in total. The minimum atomic E-state index is -1.50. The zero-order valence-corrected chi connectivity index (χ0v) is 12.9. The quantitative estimate of drug-likeness (QED) is 0.771. The van der Waals surface area contributed by atoms with Gasteiger partial charge >= 0.3 is 5.97 Å². The third-order valence-corrected chi connectivity index (χ3v) is 5.42. The van der Waals surface area contributed by atoms with E-state index in [1.807, 2.05) is 6.92 Å². The lowest BCUT2D eigenvalue weighted by atomic mass is 9.64. The molecule has 0 heterocycles. The summed E-state index contributed by atoms with van der Waals surface area (Å²) in [6.07, 6.45) is 6.02. The molecule has 0 aromatic rings. The highest BCUT2D eigenvalue weighted by atomic mass is 16.4. The third kappa shape index (κ3) is 3.50. The van der Waals surface area contributed by atoms with Gasteiger partial charge in [-0.15, -0.1) is 0 Å². The Labute approximate surface area is 117 Å². The first-order valence-corrected chi connectivity index (χ1v) is 7.73. The number of carboxylic acids is 1. The van der Waals surface area contributed by atoms with Gasteiger partial charge in [-0.05, 0) is 49.4 Å². The van der Waals surface area contributed by atoms with Crippen molar-refractivity contribution in [2.75, 3.05) is 0 Å². The second-order valence-electron chi connectivity index (χ2n) is 6.87. The lowest BCUT2D eigenvalue weighted by Gasteiger charge is -2.42. The summed E-state index contributed by atoms with van der Waals surface area (Å²) in [6, 6.07) is 0. The fourth-order valence-electron chi connectivity index (χ4n) is 3.51. The molecule has 112 valence electrons. The Morgan fingerprint density at radius 3 is 1.95 bits per heavy atom. The van der Waals surface area contributed by atoms with E-state index in [9.17, 15) is 15.0 Å². The van der Waals surface area contributed by atoms with E-state index in [1.54, 1.807) is 0 Å². The first kappa shape index (κ1) is 16.5. The van der Waals surface area contributed by atoms with Crippen LogP contribution in [0, 0.1) is 17.3 Å². The normalized spacial score (nSPS) is 27.8. The molecule has 3 nitrogen and oxygen atoms in total. The van der Waals surface area contributed by atoms with Crippen molar-refractivity contribution in [1.82, 2.24) is 0 Å². The molecule has 1 aliphatic rings. The number of hydrogen-bond acceptors (Lipinski definition) is 2. The van der Waals surface area contributed by atoms with Gasteiger partial charge in [-0.25, -0.2) is 4.79 Å². The molecule has 1 fully saturated rings. The molecule has 1 rings (SSSR count). The topological polar surface area (TPSA) is 57.5 Å². The van der Waals surface area contributed by atoms with E-state index in [0.717, 1.165) is 32.1 Å². The molecule has 0 amide bonds. The van der Waals surface area contributed by atoms with Gasteiger partial charge in [0.15, 0.2) is 5.60 Å². The van der Waals surface area contributed by atoms with Gasteiger partial charge in [-0.1, -0.05) is 40.5 Å². The highest BCUT2D eigenvalue weighted by molar-refractivity contribution is 5.77. The first-order chi connectivity index (χ1) is 8.78. The van der Waals surface area contributed by atoms with Gasteiger partial charge in [0.1, 0.15) is 0 Å². The van der Waals surface area contributed by atoms with E-state index < -0.39 is 11.6 Å². The number of hydrogen-bond donors (Lipinski definition) is 2. The summed E-state index contributed by atoms with van der Waals surface area (Å²) in [5.74, 6) is -0.449. The van der Waals surface area contributed by atoms with Crippen molar-refractivity contribution in [1.29, 1.82) is 0 Å². The van der Waals surface area contributed by atoms with Gasteiger partial charge in [0.2, 0.25) is 0 Å². The lowest BCUT2D eigenvalue weighted by molar-refractivity contribution is -0.168. The fourth-order valence-corrected chi connectivity index (χ4v) is 3.51. The van der Waals surface area contributed by atoms with Crippen LogP contribution in [-0.2, 0) is 4.79 Å². The summed E-state index contributed by atoms with van der Waals surface area (Å²) in [6.45, 7) is 8.75. The number of aliphatic hydroxyl groups is 1. The molecule has 0 saturated heterocycles. The van der Waals surface area contributed by atoms with E-state index in [0.29, 0.717) is 24.2 Å². The predicted octanol–water partition coefficient (Wildman–Crippen LogP) is 3.84. The van der Waals surface area contributed by atoms with E-state index in [4.69, 9.17) is 0 Å². The van der Waals surface area contributed by atoms with Crippen molar-refractivity contribution < 1.29 is 15.0 Å². The average Bonchev–Trinajstić information content (AvgIpc) is 2.39. The summed E-state index contributed by atoms with van der Waals surface area (Å²) < 4.78 is 0. The van der Waals surface area contributed by atoms with Crippen LogP contribution in [0.25, 0.3) is 0 Å². The second-order valence-corrected chi connectivity index (χ2v) is 6.87. The second kappa shape index (κ2) is 6.25. The number of carboxylic acid groups (broad SMARTS) is 1.